The minimum absolute atomic E-state index is 0.0251. The highest BCUT2D eigenvalue weighted by Gasteiger charge is 2.03. The molecule has 6 nitrogen and oxygen atoms in total. The summed E-state index contributed by atoms with van der Waals surface area (Å²) in [5.74, 6) is 0.739. The van der Waals surface area contributed by atoms with E-state index in [1.54, 1.807) is 24.6 Å². The van der Waals surface area contributed by atoms with Gasteiger partial charge in [0.05, 0.1) is 12.9 Å². The third kappa shape index (κ3) is 3.08. The Morgan fingerprint density at radius 1 is 1.44 bits per heavy atom. The fraction of sp³-hybridized carbons (Fsp3) is 0.167. The maximum Gasteiger partial charge on any atom is 0.188 e. The molecule has 2 aromatic rings. The molecule has 0 atom stereocenters. The van der Waals surface area contributed by atoms with Gasteiger partial charge in [0.1, 0.15) is 18.1 Å². The molecule has 0 radical (unpaired) electrons. The highest BCUT2D eigenvalue weighted by atomic mass is 16.5. The summed E-state index contributed by atoms with van der Waals surface area (Å²) in [6.45, 7) is 0.795. The van der Waals surface area contributed by atoms with Crippen molar-refractivity contribution in [2.75, 3.05) is 0 Å². The molecule has 6 heteroatoms. The molecule has 0 saturated heterocycles. The van der Waals surface area contributed by atoms with E-state index in [0.29, 0.717) is 18.9 Å². The van der Waals surface area contributed by atoms with Gasteiger partial charge < -0.3 is 20.1 Å². The maximum absolute atomic E-state index is 8.56. The summed E-state index contributed by atoms with van der Waals surface area (Å²) >= 11 is 0. The lowest BCUT2D eigenvalue weighted by Gasteiger charge is -2.04. The fourth-order valence-electron chi connectivity index (χ4n) is 1.42. The van der Waals surface area contributed by atoms with E-state index >= 15 is 0 Å². The average Bonchev–Trinajstić information content (AvgIpc) is 2.91. The van der Waals surface area contributed by atoms with Crippen LogP contribution in [0.25, 0.3) is 0 Å². The Hall–Kier alpha value is -2.34. The molecule has 0 amide bonds. The summed E-state index contributed by atoms with van der Waals surface area (Å²) in [5.41, 5.74) is 6.75. The van der Waals surface area contributed by atoms with Gasteiger partial charge in [-0.15, -0.1) is 0 Å². The molecule has 0 spiro atoms. The number of aromatic nitrogens is 1. The largest absolute Gasteiger partial charge is 0.467 e. The number of hydrogen-bond acceptors (Lipinski definition) is 5. The van der Waals surface area contributed by atoms with Crippen LogP contribution in [0.15, 0.2) is 46.3 Å². The average molecular weight is 247 g/mol. The molecule has 0 fully saturated rings. The van der Waals surface area contributed by atoms with Crippen LogP contribution in [0.5, 0.6) is 0 Å². The zero-order valence-electron chi connectivity index (χ0n) is 9.61. The summed E-state index contributed by atoms with van der Waals surface area (Å²) in [4.78, 5) is 3.98. The smallest absolute Gasteiger partial charge is 0.188 e. The molecule has 2 aromatic heterocycles. The first-order valence-electron chi connectivity index (χ1n) is 5.32. The summed E-state index contributed by atoms with van der Waals surface area (Å²) in [6, 6.07) is 7.16. The Balaban J connectivity index is 1.93. The van der Waals surface area contributed by atoms with E-state index in [9.17, 15) is 0 Å². The predicted octanol–water partition coefficient (Wildman–Crippen LogP) is 1.49. The molecule has 0 unspecified atom stereocenters. The molecule has 18 heavy (non-hydrogen) atoms. The first-order chi connectivity index (χ1) is 8.79. The van der Waals surface area contributed by atoms with Gasteiger partial charge in [-0.25, -0.2) is 0 Å². The Kier molecular flexibility index (Phi) is 3.93. The monoisotopic (exact) mass is 247 g/mol. The van der Waals surface area contributed by atoms with Crippen LogP contribution >= 0.6 is 0 Å². The Labute approximate surface area is 104 Å². The van der Waals surface area contributed by atoms with Gasteiger partial charge in [0.25, 0.3) is 0 Å². The quantitative estimate of drug-likeness (QED) is 0.361. The van der Waals surface area contributed by atoms with Gasteiger partial charge in [0, 0.05) is 6.20 Å². The van der Waals surface area contributed by atoms with Gasteiger partial charge in [-0.2, -0.15) is 0 Å². The lowest BCUT2D eigenvalue weighted by molar-refractivity contribution is 0.0929. The van der Waals surface area contributed by atoms with Gasteiger partial charge in [-0.1, -0.05) is 5.16 Å². The van der Waals surface area contributed by atoms with Crippen molar-refractivity contribution in [3.63, 3.8) is 0 Å². The highest BCUT2D eigenvalue weighted by molar-refractivity contribution is 5.95. The van der Waals surface area contributed by atoms with E-state index in [4.69, 9.17) is 20.1 Å². The van der Waals surface area contributed by atoms with E-state index in [0.717, 1.165) is 11.3 Å². The van der Waals surface area contributed by atoms with E-state index in [-0.39, 0.29) is 5.84 Å². The van der Waals surface area contributed by atoms with Crippen molar-refractivity contribution in [3.8, 4) is 0 Å². The summed E-state index contributed by atoms with van der Waals surface area (Å²) in [6.07, 6.45) is 3.18. The Morgan fingerprint density at radius 2 is 2.33 bits per heavy atom. The number of ether oxygens (including phenoxy) is 1. The predicted molar refractivity (Wildman–Crippen MR) is 63.9 cm³/mol. The number of nitrogens with two attached hydrogens (primary N) is 1. The van der Waals surface area contributed by atoms with E-state index in [1.807, 2.05) is 12.1 Å². The third-order valence-corrected chi connectivity index (χ3v) is 2.29. The van der Waals surface area contributed by atoms with Crippen LogP contribution in [0.2, 0.25) is 0 Å². The van der Waals surface area contributed by atoms with E-state index in [1.165, 1.54) is 0 Å². The molecule has 0 saturated carbocycles. The first-order valence-corrected chi connectivity index (χ1v) is 5.32. The number of oxime groups is 1. The zero-order chi connectivity index (χ0) is 12.8. The van der Waals surface area contributed by atoms with Gasteiger partial charge in [0.15, 0.2) is 5.84 Å². The molecule has 3 N–H and O–H groups in total. The molecule has 0 bridgehead atoms. The SMILES string of the molecule is NC(=NO)c1cc(COCc2ccco2)ccn1. The van der Waals surface area contributed by atoms with Gasteiger partial charge in [-0.3, -0.25) is 4.98 Å². The molecule has 0 aliphatic heterocycles. The fourth-order valence-corrected chi connectivity index (χ4v) is 1.42. The van der Waals surface area contributed by atoms with Gasteiger partial charge in [-0.05, 0) is 29.8 Å². The van der Waals surface area contributed by atoms with Crippen LogP contribution in [0.4, 0.5) is 0 Å². The summed E-state index contributed by atoms with van der Waals surface area (Å²) in [7, 11) is 0. The van der Waals surface area contributed by atoms with Crippen molar-refractivity contribution in [1.29, 1.82) is 0 Å². The topological polar surface area (TPSA) is 93.9 Å². The molecule has 2 heterocycles. The second-order valence-electron chi connectivity index (χ2n) is 3.61. The molecule has 94 valence electrons. The van der Waals surface area contributed by atoms with Crippen molar-refractivity contribution < 1.29 is 14.4 Å². The lowest BCUT2D eigenvalue weighted by atomic mass is 10.2. The molecule has 2 rings (SSSR count). The van der Waals surface area contributed by atoms with Crippen molar-refractivity contribution >= 4 is 5.84 Å². The Bertz CT molecular complexity index is 523. The lowest BCUT2D eigenvalue weighted by Crippen LogP contribution is -2.15. The summed E-state index contributed by atoms with van der Waals surface area (Å²) < 4.78 is 10.6. The van der Waals surface area contributed by atoms with Crippen molar-refractivity contribution in [2.45, 2.75) is 13.2 Å². The van der Waals surface area contributed by atoms with Gasteiger partial charge >= 0.3 is 0 Å². The normalized spacial score (nSPS) is 11.7. The third-order valence-electron chi connectivity index (χ3n) is 2.29. The number of hydrogen-bond donors (Lipinski definition) is 2. The number of furan rings is 1. The van der Waals surface area contributed by atoms with Crippen molar-refractivity contribution in [3.05, 3.63) is 53.7 Å². The maximum atomic E-state index is 8.56. The number of pyridine rings is 1. The molecular formula is C12H13N3O3. The highest BCUT2D eigenvalue weighted by Crippen LogP contribution is 2.07. The number of amidine groups is 1. The second-order valence-corrected chi connectivity index (χ2v) is 3.61. The van der Waals surface area contributed by atoms with Crippen LogP contribution in [0, 0.1) is 0 Å². The van der Waals surface area contributed by atoms with Crippen LogP contribution in [0.1, 0.15) is 17.0 Å². The second kappa shape index (κ2) is 5.83. The number of rotatable bonds is 5. The minimum Gasteiger partial charge on any atom is -0.467 e. The Morgan fingerprint density at radius 3 is 3.06 bits per heavy atom. The number of nitrogens with zero attached hydrogens (tertiary/aromatic N) is 2. The van der Waals surface area contributed by atoms with Crippen molar-refractivity contribution in [1.82, 2.24) is 4.98 Å². The van der Waals surface area contributed by atoms with E-state index in [2.05, 4.69) is 10.1 Å². The van der Waals surface area contributed by atoms with E-state index < -0.39 is 0 Å². The van der Waals surface area contributed by atoms with Gasteiger partial charge in [0.2, 0.25) is 0 Å². The standard InChI is InChI=1S/C12H13N3O3/c13-12(15-16)11-6-9(3-4-14-11)7-17-8-10-2-1-5-18-10/h1-6,16H,7-8H2,(H2,13,15). The molecule has 0 aliphatic carbocycles. The summed E-state index contributed by atoms with van der Waals surface area (Å²) in [5, 5.41) is 11.5. The van der Waals surface area contributed by atoms with Crippen LogP contribution in [0.3, 0.4) is 0 Å². The first kappa shape index (κ1) is 12.1. The van der Waals surface area contributed by atoms with Crippen molar-refractivity contribution in [2.24, 2.45) is 10.9 Å². The van der Waals surface area contributed by atoms with Crippen LogP contribution in [-0.2, 0) is 18.0 Å². The van der Waals surface area contributed by atoms with Crippen LogP contribution in [-0.4, -0.2) is 16.0 Å². The molecular weight excluding hydrogens is 234 g/mol. The zero-order valence-corrected chi connectivity index (χ0v) is 9.61. The molecule has 0 aliphatic rings. The van der Waals surface area contributed by atoms with Crippen LogP contribution < -0.4 is 5.73 Å². The molecule has 0 aromatic carbocycles. The minimum atomic E-state index is -0.0251.